The van der Waals surface area contributed by atoms with Gasteiger partial charge in [-0.3, -0.25) is 9.52 Å². The molecule has 2 N–H and O–H groups in total. The van der Waals surface area contributed by atoms with Gasteiger partial charge in [0, 0.05) is 35.3 Å². The Morgan fingerprint density at radius 1 is 1.09 bits per heavy atom. The molecule has 0 atom stereocenters. The summed E-state index contributed by atoms with van der Waals surface area (Å²) in [5.74, 6) is -3.23. The number of anilines is 1. The van der Waals surface area contributed by atoms with E-state index >= 15 is 0 Å². The summed E-state index contributed by atoms with van der Waals surface area (Å²) in [7, 11) is -4.60. The van der Waals surface area contributed by atoms with Gasteiger partial charge in [-0.05, 0) is 57.4 Å². The second kappa shape index (κ2) is 8.74. The summed E-state index contributed by atoms with van der Waals surface area (Å²) in [6.07, 6.45) is -0.297. The second-order valence-electron chi connectivity index (χ2n) is 8.17. The number of halogens is 4. The van der Waals surface area contributed by atoms with E-state index in [0.717, 1.165) is 12.1 Å². The van der Waals surface area contributed by atoms with Crippen LogP contribution in [0.5, 0.6) is 5.75 Å². The van der Waals surface area contributed by atoms with Gasteiger partial charge in [0.05, 0.1) is 22.9 Å². The Morgan fingerprint density at radius 2 is 1.83 bits per heavy atom. The van der Waals surface area contributed by atoms with Crippen LogP contribution in [-0.2, 0) is 21.4 Å². The van der Waals surface area contributed by atoms with E-state index in [1.165, 1.54) is 17.0 Å². The van der Waals surface area contributed by atoms with Crippen LogP contribution in [0.3, 0.4) is 0 Å². The highest BCUT2D eigenvalue weighted by Crippen LogP contribution is 2.37. The van der Waals surface area contributed by atoms with Crippen molar-refractivity contribution in [3.05, 3.63) is 74.7 Å². The molecule has 6 rings (SSSR count). The van der Waals surface area contributed by atoms with E-state index in [9.17, 15) is 27.1 Å². The van der Waals surface area contributed by atoms with Crippen molar-refractivity contribution in [3.8, 4) is 16.9 Å². The molecule has 182 valence electrons. The van der Waals surface area contributed by atoms with Crippen LogP contribution in [0.1, 0.15) is 15.9 Å². The Balaban J connectivity index is 1.71. The molecular weight excluding hydrogens is 570 g/mol. The molecule has 3 aliphatic heterocycles. The molecule has 0 aromatic heterocycles. The van der Waals surface area contributed by atoms with Crippen LogP contribution in [0.15, 0.2) is 51.8 Å². The second-order valence-corrected chi connectivity index (χ2v) is 11.1. The van der Waals surface area contributed by atoms with Gasteiger partial charge in [-0.15, -0.1) is 0 Å². The molecule has 7 nitrogen and oxygen atoms in total. The standard InChI is InChI=1S/C23H16BrClF2N2O5S/c24-17-3-12-4-21(22(17)30)35(32,33)28-20-6-16(18(26)7-19(20)27)15-5-13(25)2-1-11(15)10-34-14-8-29(9-14)23(12)31/h1-7,14,28,30H,8-10H2. The maximum absolute atomic E-state index is 14.9. The van der Waals surface area contributed by atoms with Gasteiger partial charge in [0.25, 0.3) is 15.9 Å². The number of phenols is 1. The molecule has 0 unspecified atom stereocenters. The first-order valence-electron chi connectivity index (χ1n) is 10.3. The number of benzene rings is 3. The summed E-state index contributed by atoms with van der Waals surface area (Å²) in [6, 6.07) is 8.57. The van der Waals surface area contributed by atoms with Crippen LogP contribution in [0, 0.1) is 11.6 Å². The Labute approximate surface area is 212 Å². The number of amides is 1. The Morgan fingerprint density at radius 3 is 2.57 bits per heavy atom. The number of hydrogen-bond acceptors (Lipinski definition) is 5. The lowest BCUT2D eigenvalue weighted by atomic mass is 9.98. The highest BCUT2D eigenvalue weighted by molar-refractivity contribution is 9.10. The Hall–Kier alpha value is -2.73. The fourth-order valence-electron chi connectivity index (χ4n) is 3.96. The van der Waals surface area contributed by atoms with Crippen LogP contribution < -0.4 is 4.72 Å². The Bertz CT molecular complexity index is 1500. The maximum Gasteiger partial charge on any atom is 0.265 e. The molecule has 35 heavy (non-hydrogen) atoms. The zero-order valence-electron chi connectivity index (χ0n) is 17.7. The molecule has 6 bridgehead atoms. The fraction of sp³-hybridized carbons (Fsp3) is 0.174. The van der Waals surface area contributed by atoms with Crippen LogP contribution in [-0.4, -0.2) is 43.5 Å². The molecule has 1 saturated heterocycles. The number of phenolic OH excluding ortho intramolecular Hbond substituents is 1. The lowest BCUT2D eigenvalue weighted by Crippen LogP contribution is -2.54. The van der Waals surface area contributed by atoms with E-state index < -0.39 is 43.9 Å². The van der Waals surface area contributed by atoms with Crippen molar-refractivity contribution in [1.29, 1.82) is 0 Å². The van der Waals surface area contributed by atoms with Gasteiger partial charge < -0.3 is 14.7 Å². The summed E-state index contributed by atoms with van der Waals surface area (Å²) < 4.78 is 63.8. The third-order valence-electron chi connectivity index (χ3n) is 5.84. The van der Waals surface area contributed by atoms with Crippen molar-refractivity contribution in [2.45, 2.75) is 17.6 Å². The molecule has 1 amide bonds. The first-order chi connectivity index (χ1) is 16.5. The first kappa shape index (κ1) is 24.0. The molecule has 3 heterocycles. The van der Waals surface area contributed by atoms with E-state index in [1.807, 2.05) is 0 Å². The number of nitrogens with zero attached hydrogens (tertiary/aromatic N) is 1. The van der Waals surface area contributed by atoms with E-state index in [1.54, 1.807) is 12.1 Å². The van der Waals surface area contributed by atoms with E-state index in [0.29, 0.717) is 17.2 Å². The van der Waals surface area contributed by atoms with Gasteiger partial charge in [-0.1, -0.05) is 17.7 Å². The molecule has 0 aliphatic carbocycles. The number of rotatable bonds is 0. The quantitative estimate of drug-likeness (QED) is 0.391. The van der Waals surface area contributed by atoms with Gasteiger partial charge >= 0.3 is 0 Å². The van der Waals surface area contributed by atoms with Crippen LogP contribution in [0.4, 0.5) is 14.5 Å². The minimum atomic E-state index is -4.60. The van der Waals surface area contributed by atoms with E-state index in [2.05, 4.69) is 20.7 Å². The number of nitrogens with one attached hydrogen (secondary N) is 1. The van der Waals surface area contributed by atoms with Crippen molar-refractivity contribution in [3.63, 3.8) is 0 Å². The third kappa shape index (κ3) is 4.37. The predicted octanol–water partition coefficient (Wildman–Crippen LogP) is 4.91. The van der Waals surface area contributed by atoms with Crippen molar-refractivity contribution in [2.75, 3.05) is 17.8 Å². The minimum absolute atomic E-state index is 0.000786. The normalized spacial score (nSPS) is 17.4. The first-order valence-corrected chi connectivity index (χ1v) is 12.9. The molecule has 0 spiro atoms. The molecule has 0 saturated carbocycles. The van der Waals surface area contributed by atoms with Crippen molar-refractivity contribution < 1.29 is 31.8 Å². The average Bonchev–Trinajstić information content (AvgIpc) is 2.76. The molecule has 3 aromatic rings. The number of aromatic hydroxyl groups is 1. The summed E-state index contributed by atoms with van der Waals surface area (Å²) >= 11 is 9.19. The molecule has 12 heteroatoms. The molecule has 0 radical (unpaired) electrons. The van der Waals surface area contributed by atoms with Crippen LogP contribution in [0.2, 0.25) is 5.02 Å². The highest BCUT2D eigenvalue weighted by Gasteiger charge is 2.34. The van der Waals surface area contributed by atoms with Gasteiger partial charge in [0.15, 0.2) is 0 Å². The Kier molecular flexibility index (Phi) is 5.99. The van der Waals surface area contributed by atoms with E-state index in [4.69, 9.17) is 16.3 Å². The smallest absolute Gasteiger partial charge is 0.265 e. The predicted molar refractivity (Wildman–Crippen MR) is 128 cm³/mol. The number of carbonyl (C=O) groups is 1. The summed E-state index contributed by atoms with van der Waals surface area (Å²) in [6.45, 7) is 0.581. The number of ether oxygens (including phenoxy) is 1. The summed E-state index contributed by atoms with van der Waals surface area (Å²) in [5.41, 5.74) is 0.182. The van der Waals surface area contributed by atoms with Crippen LogP contribution >= 0.6 is 27.5 Å². The van der Waals surface area contributed by atoms with Crippen molar-refractivity contribution in [1.82, 2.24) is 4.90 Å². The lowest BCUT2D eigenvalue weighted by Gasteiger charge is -2.39. The third-order valence-corrected chi connectivity index (χ3v) is 8.06. The van der Waals surface area contributed by atoms with E-state index in [-0.39, 0.29) is 46.4 Å². The van der Waals surface area contributed by atoms with Crippen LogP contribution in [0.25, 0.3) is 11.1 Å². The SMILES string of the molecule is O=C1c2cc(Br)c(O)c(c2)S(=O)(=O)Nc2cc(c(F)cc2F)-c2cc(Cl)ccc2COC2CN1C2. The van der Waals surface area contributed by atoms with Gasteiger partial charge in [0.1, 0.15) is 22.3 Å². The minimum Gasteiger partial charge on any atom is -0.505 e. The van der Waals surface area contributed by atoms with Gasteiger partial charge in [-0.25, -0.2) is 17.2 Å². The van der Waals surface area contributed by atoms with Crippen molar-refractivity contribution >= 4 is 49.1 Å². The highest BCUT2D eigenvalue weighted by atomic mass is 79.9. The van der Waals surface area contributed by atoms with Gasteiger partial charge in [-0.2, -0.15) is 0 Å². The zero-order chi connectivity index (χ0) is 25.1. The lowest BCUT2D eigenvalue weighted by molar-refractivity contribution is -0.0502. The average molecular weight is 586 g/mol. The van der Waals surface area contributed by atoms with Crippen molar-refractivity contribution in [2.24, 2.45) is 0 Å². The number of fused-ring (bicyclic) bond motifs is 2. The van der Waals surface area contributed by atoms with Gasteiger partial charge in [0.2, 0.25) is 0 Å². The monoisotopic (exact) mass is 584 g/mol. The fourth-order valence-corrected chi connectivity index (χ4v) is 5.93. The topological polar surface area (TPSA) is 95.9 Å². The molecule has 3 aromatic carbocycles. The summed E-state index contributed by atoms with van der Waals surface area (Å²) in [5, 5.41) is 10.7. The maximum atomic E-state index is 14.9. The molecule has 1 fully saturated rings. The zero-order valence-corrected chi connectivity index (χ0v) is 20.8. The number of carbonyl (C=O) groups excluding carboxylic acids is 1. The largest absolute Gasteiger partial charge is 0.505 e. The summed E-state index contributed by atoms with van der Waals surface area (Å²) in [4.78, 5) is 13.7. The molecule has 3 aliphatic rings. The number of hydrogen-bond donors (Lipinski definition) is 2. The molecular formula is C23H16BrClF2N2O5S. The number of sulfonamides is 1.